The lowest BCUT2D eigenvalue weighted by Gasteiger charge is -2.13. The van der Waals surface area contributed by atoms with Crippen LogP contribution in [0.15, 0.2) is 22.9 Å². The highest BCUT2D eigenvalue weighted by Gasteiger charge is 2.14. The quantitative estimate of drug-likeness (QED) is 0.850. The number of hydrogen-bond donors (Lipinski definition) is 1. The van der Waals surface area contributed by atoms with Crippen LogP contribution >= 0.6 is 11.6 Å². The molecule has 1 unspecified atom stereocenters. The number of halogens is 1. The highest BCUT2D eigenvalue weighted by atomic mass is 35.5. The van der Waals surface area contributed by atoms with E-state index in [1.165, 1.54) is 0 Å². The number of aromatic nitrogens is 3. The van der Waals surface area contributed by atoms with Crippen LogP contribution in [0.4, 0.5) is 0 Å². The summed E-state index contributed by atoms with van der Waals surface area (Å²) in [5.41, 5.74) is 0.666. The lowest BCUT2D eigenvalue weighted by Crippen LogP contribution is -2.31. The normalized spacial score (nSPS) is 12.6. The lowest BCUT2D eigenvalue weighted by atomic mass is 10.1. The number of nitrogens with one attached hydrogen (secondary N) is 1. The Morgan fingerprint density at radius 3 is 2.85 bits per heavy atom. The fourth-order valence-electron chi connectivity index (χ4n) is 1.87. The maximum atomic E-state index is 5.81. The van der Waals surface area contributed by atoms with Gasteiger partial charge in [0.05, 0.1) is 5.02 Å². The second-order valence-electron chi connectivity index (χ2n) is 4.64. The van der Waals surface area contributed by atoms with Crippen molar-refractivity contribution in [1.29, 1.82) is 0 Å². The van der Waals surface area contributed by atoms with Crippen molar-refractivity contribution >= 4 is 11.6 Å². The first-order chi connectivity index (χ1) is 9.72. The highest BCUT2D eigenvalue weighted by Crippen LogP contribution is 2.16. The summed E-state index contributed by atoms with van der Waals surface area (Å²) >= 11 is 5.81. The van der Waals surface area contributed by atoms with Crippen molar-refractivity contribution in [2.75, 3.05) is 6.54 Å². The molecule has 0 amide bonds. The first-order valence-corrected chi connectivity index (χ1v) is 7.28. The van der Waals surface area contributed by atoms with E-state index in [1.54, 1.807) is 18.3 Å². The Hall–Kier alpha value is -1.46. The zero-order valence-corrected chi connectivity index (χ0v) is 12.5. The molecule has 0 spiro atoms. The summed E-state index contributed by atoms with van der Waals surface area (Å²) in [6.07, 6.45) is 4.44. The second-order valence-corrected chi connectivity index (χ2v) is 5.07. The number of pyridine rings is 1. The third-order valence-corrected chi connectivity index (χ3v) is 3.24. The van der Waals surface area contributed by atoms with E-state index in [0.717, 1.165) is 25.8 Å². The van der Waals surface area contributed by atoms with Crippen molar-refractivity contribution in [2.24, 2.45) is 0 Å². The topological polar surface area (TPSA) is 63.8 Å². The SMILES string of the molecule is CCCNC(CC)Cc1nc(-c2ccc(Cl)cn2)no1. The van der Waals surface area contributed by atoms with Gasteiger partial charge in [-0.2, -0.15) is 4.98 Å². The Balaban J connectivity index is 2.02. The van der Waals surface area contributed by atoms with E-state index < -0.39 is 0 Å². The molecule has 20 heavy (non-hydrogen) atoms. The van der Waals surface area contributed by atoms with E-state index in [9.17, 15) is 0 Å². The average Bonchev–Trinajstić information content (AvgIpc) is 2.92. The molecule has 0 aliphatic rings. The standard InChI is InChI=1S/C14H19ClN4O/c1-3-7-16-11(4-2)8-13-18-14(19-20-13)12-6-5-10(15)9-17-12/h5-6,9,11,16H,3-4,7-8H2,1-2H3. The van der Waals surface area contributed by atoms with Gasteiger partial charge in [-0.1, -0.05) is 30.6 Å². The minimum absolute atomic E-state index is 0.362. The summed E-state index contributed by atoms with van der Waals surface area (Å²) in [6, 6.07) is 3.91. The van der Waals surface area contributed by atoms with E-state index in [1.807, 2.05) is 0 Å². The minimum atomic E-state index is 0.362. The van der Waals surface area contributed by atoms with Gasteiger partial charge >= 0.3 is 0 Å². The predicted molar refractivity (Wildman–Crippen MR) is 78.6 cm³/mol. The molecule has 5 nitrogen and oxygen atoms in total. The summed E-state index contributed by atoms with van der Waals surface area (Å²) in [7, 11) is 0. The zero-order valence-electron chi connectivity index (χ0n) is 11.8. The fourth-order valence-corrected chi connectivity index (χ4v) is 1.98. The van der Waals surface area contributed by atoms with Crippen LogP contribution in [0.2, 0.25) is 5.02 Å². The summed E-state index contributed by atoms with van der Waals surface area (Å²) < 4.78 is 5.29. The molecule has 1 atom stereocenters. The highest BCUT2D eigenvalue weighted by molar-refractivity contribution is 6.30. The van der Waals surface area contributed by atoms with Crippen LogP contribution in [0.25, 0.3) is 11.5 Å². The van der Waals surface area contributed by atoms with Gasteiger partial charge in [0.15, 0.2) is 0 Å². The summed E-state index contributed by atoms with van der Waals surface area (Å²) in [5, 5.41) is 8.02. The van der Waals surface area contributed by atoms with Gasteiger partial charge in [0.1, 0.15) is 5.69 Å². The molecule has 6 heteroatoms. The molecule has 0 aliphatic carbocycles. The van der Waals surface area contributed by atoms with Crippen LogP contribution in [0.3, 0.4) is 0 Å². The molecule has 0 radical (unpaired) electrons. The maximum absolute atomic E-state index is 5.81. The van der Waals surface area contributed by atoms with E-state index in [4.69, 9.17) is 16.1 Å². The minimum Gasteiger partial charge on any atom is -0.339 e. The first-order valence-electron chi connectivity index (χ1n) is 6.90. The number of nitrogens with zero attached hydrogens (tertiary/aromatic N) is 3. The molecule has 0 saturated carbocycles. The number of hydrogen-bond acceptors (Lipinski definition) is 5. The molecule has 1 N–H and O–H groups in total. The molecule has 2 heterocycles. The van der Waals surface area contributed by atoms with Crippen molar-refractivity contribution < 1.29 is 4.52 Å². The van der Waals surface area contributed by atoms with Crippen LogP contribution in [0.5, 0.6) is 0 Å². The molecule has 2 rings (SSSR count). The van der Waals surface area contributed by atoms with Gasteiger partial charge in [-0.25, -0.2) is 0 Å². The van der Waals surface area contributed by atoms with Crippen LogP contribution in [0, 0.1) is 0 Å². The molecule has 0 bridgehead atoms. The molecule has 0 aromatic carbocycles. The third-order valence-electron chi connectivity index (χ3n) is 3.02. The fraction of sp³-hybridized carbons (Fsp3) is 0.500. The van der Waals surface area contributed by atoms with Gasteiger partial charge in [-0.05, 0) is 31.5 Å². The van der Waals surface area contributed by atoms with Crippen LogP contribution in [0.1, 0.15) is 32.6 Å². The van der Waals surface area contributed by atoms with Crippen molar-refractivity contribution in [3.05, 3.63) is 29.2 Å². The Morgan fingerprint density at radius 2 is 2.20 bits per heavy atom. The lowest BCUT2D eigenvalue weighted by molar-refractivity contribution is 0.354. The monoisotopic (exact) mass is 294 g/mol. The van der Waals surface area contributed by atoms with Gasteiger partial charge in [-0.3, -0.25) is 4.98 Å². The van der Waals surface area contributed by atoms with Gasteiger partial charge in [0.25, 0.3) is 0 Å². The maximum Gasteiger partial charge on any atom is 0.228 e. The third kappa shape index (κ3) is 4.02. The van der Waals surface area contributed by atoms with Gasteiger partial charge in [0, 0.05) is 18.7 Å². The van der Waals surface area contributed by atoms with Gasteiger partial charge in [0.2, 0.25) is 11.7 Å². The van der Waals surface area contributed by atoms with E-state index >= 15 is 0 Å². The predicted octanol–water partition coefficient (Wildman–Crippen LogP) is 3.11. The summed E-state index contributed by atoms with van der Waals surface area (Å²) in [4.78, 5) is 8.56. The average molecular weight is 295 g/mol. The van der Waals surface area contributed by atoms with Crippen molar-refractivity contribution in [1.82, 2.24) is 20.4 Å². The van der Waals surface area contributed by atoms with E-state index in [-0.39, 0.29) is 0 Å². The molecular formula is C14H19ClN4O. The second kappa shape index (κ2) is 7.36. The molecule has 0 fully saturated rings. The summed E-state index contributed by atoms with van der Waals surface area (Å²) in [6.45, 7) is 5.29. The molecular weight excluding hydrogens is 276 g/mol. The molecule has 0 aliphatic heterocycles. The van der Waals surface area contributed by atoms with Crippen LogP contribution in [-0.2, 0) is 6.42 Å². The first kappa shape index (κ1) is 14.9. The van der Waals surface area contributed by atoms with Gasteiger partial charge in [-0.15, -0.1) is 0 Å². The summed E-state index contributed by atoms with van der Waals surface area (Å²) in [5.74, 6) is 1.13. The van der Waals surface area contributed by atoms with Crippen molar-refractivity contribution in [3.8, 4) is 11.5 Å². The van der Waals surface area contributed by atoms with Gasteiger partial charge < -0.3 is 9.84 Å². The smallest absolute Gasteiger partial charge is 0.228 e. The number of rotatable bonds is 7. The Kier molecular flexibility index (Phi) is 5.49. The molecule has 0 saturated heterocycles. The Labute approximate surface area is 123 Å². The van der Waals surface area contributed by atoms with Crippen LogP contribution in [-0.4, -0.2) is 27.7 Å². The van der Waals surface area contributed by atoms with Crippen molar-refractivity contribution in [3.63, 3.8) is 0 Å². The Bertz CT molecular complexity index is 526. The largest absolute Gasteiger partial charge is 0.339 e. The van der Waals surface area contributed by atoms with Crippen molar-refractivity contribution in [2.45, 2.75) is 39.2 Å². The Morgan fingerprint density at radius 1 is 1.35 bits per heavy atom. The van der Waals surface area contributed by atoms with Crippen LogP contribution < -0.4 is 5.32 Å². The molecule has 2 aromatic rings. The zero-order chi connectivity index (χ0) is 14.4. The molecule has 2 aromatic heterocycles. The van der Waals surface area contributed by atoms with E-state index in [0.29, 0.717) is 28.5 Å². The molecule has 108 valence electrons. The van der Waals surface area contributed by atoms with E-state index in [2.05, 4.69) is 34.3 Å².